The third kappa shape index (κ3) is 3.81. The molecule has 5 heteroatoms. The maximum Gasteiger partial charge on any atom is 0.266 e. The van der Waals surface area contributed by atoms with Crippen molar-refractivity contribution in [3.8, 4) is 6.07 Å². The lowest BCUT2D eigenvalue weighted by Gasteiger charge is -2.40. The smallest absolute Gasteiger partial charge is 0.266 e. The van der Waals surface area contributed by atoms with Crippen LogP contribution in [0.25, 0.3) is 11.6 Å². The second kappa shape index (κ2) is 7.53. The number of carbonyl (C=O) groups is 1. The highest BCUT2D eigenvalue weighted by molar-refractivity contribution is 6.34. The fourth-order valence-electron chi connectivity index (χ4n) is 3.33. The van der Waals surface area contributed by atoms with E-state index in [0.717, 1.165) is 16.8 Å². The number of hydrogen-bond donors (Lipinski definition) is 1. The van der Waals surface area contributed by atoms with Crippen molar-refractivity contribution >= 4 is 40.5 Å². The van der Waals surface area contributed by atoms with Gasteiger partial charge in [0.25, 0.3) is 5.91 Å². The zero-order valence-electron chi connectivity index (χ0n) is 16.4. The van der Waals surface area contributed by atoms with Crippen molar-refractivity contribution in [2.75, 3.05) is 17.3 Å². The van der Waals surface area contributed by atoms with Gasteiger partial charge in [0.2, 0.25) is 0 Å². The van der Waals surface area contributed by atoms with Gasteiger partial charge < -0.3 is 10.2 Å². The molecule has 0 bridgehead atoms. The lowest BCUT2D eigenvalue weighted by atomic mass is 9.88. The van der Waals surface area contributed by atoms with Crippen LogP contribution in [0, 0.1) is 11.3 Å². The Hall–Kier alpha value is -3.03. The number of carbonyl (C=O) groups excluding carboxylic acids is 1. The van der Waals surface area contributed by atoms with E-state index < -0.39 is 5.91 Å². The topological polar surface area (TPSA) is 56.1 Å². The number of likely N-dealkylation sites (N-methyl/N-ethyl adjacent to an activating group) is 1. The first kappa shape index (κ1) is 19.7. The zero-order chi connectivity index (χ0) is 20.5. The van der Waals surface area contributed by atoms with Gasteiger partial charge in [-0.1, -0.05) is 35.9 Å². The minimum absolute atomic E-state index is 0.0194. The molecule has 1 aliphatic rings. The molecule has 3 rings (SSSR count). The normalized spacial score (nSPS) is 15.4. The molecule has 0 unspecified atom stereocenters. The van der Waals surface area contributed by atoms with E-state index in [1.165, 1.54) is 5.57 Å². The summed E-state index contributed by atoms with van der Waals surface area (Å²) in [6.45, 7) is 6.41. The number of rotatable bonds is 3. The van der Waals surface area contributed by atoms with Crippen LogP contribution in [0.4, 0.5) is 11.4 Å². The van der Waals surface area contributed by atoms with Crippen LogP contribution in [0.3, 0.4) is 0 Å². The van der Waals surface area contributed by atoms with Gasteiger partial charge in [0.1, 0.15) is 11.6 Å². The quantitative estimate of drug-likeness (QED) is 0.553. The number of fused-ring (bicyclic) bond motifs is 1. The van der Waals surface area contributed by atoms with Gasteiger partial charge in [-0.2, -0.15) is 5.26 Å². The zero-order valence-corrected chi connectivity index (χ0v) is 17.1. The van der Waals surface area contributed by atoms with Gasteiger partial charge in [0.15, 0.2) is 0 Å². The van der Waals surface area contributed by atoms with Crippen LogP contribution in [0.15, 0.2) is 54.1 Å². The highest BCUT2D eigenvalue weighted by atomic mass is 35.5. The second-order valence-corrected chi connectivity index (χ2v) is 7.83. The Labute approximate surface area is 170 Å². The Kier molecular flexibility index (Phi) is 5.31. The number of halogens is 1. The Morgan fingerprint density at radius 1 is 1.25 bits per heavy atom. The molecule has 0 saturated carbocycles. The maximum atomic E-state index is 12.5. The number of anilines is 2. The molecule has 0 aromatic heterocycles. The summed E-state index contributed by atoms with van der Waals surface area (Å²) in [7, 11) is 2.06. The first-order valence-corrected chi connectivity index (χ1v) is 9.36. The Morgan fingerprint density at radius 2 is 1.96 bits per heavy atom. The monoisotopic (exact) mass is 391 g/mol. The molecule has 142 valence electrons. The van der Waals surface area contributed by atoms with Crippen molar-refractivity contribution in [1.29, 1.82) is 5.26 Å². The van der Waals surface area contributed by atoms with Crippen molar-refractivity contribution < 1.29 is 4.79 Å². The predicted molar refractivity (Wildman–Crippen MR) is 116 cm³/mol. The van der Waals surface area contributed by atoms with Crippen molar-refractivity contribution in [1.82, 2.24) is 0 Å². The summed E-state index contributed by atoms with van der Waals surface area (Å²) in [6.07, 6.45) is 3.82. The molecule has 1 aliphatic heterocycles. The predicted octanol–water partition coefficient (Wildman–Crippen LogP) is 5.52. The minimum Gasteiger partial charge on any atom is -0.366 e. The summed E-state index contributed by atoms with van der Waals surface area (Å²) in [4.78, 5) is 14.7. The number of nitriles is 1. The molecule has 0 atom stereocenters. The van der Waals surface area contributed by atoms with Gasteiger partial charge in [-0.05, 0) is 62.2 Å². The third-order valence-corrected chi connectivity index (χ3v) is 5.37. The molecule has 0 fully saturated rings. The van der Waals surface area contributed by atoms with E-state index in [0.29, 0.717) is 10.7 Å². The van der Waals surface area contributed by atoms with Crippen molar-refractivity contribution in [2.24, 2.45) is 0 Å². The van der Waals surface area contributed by atoms with Gasteiger partial charge in [-0.25, -0.2) is 0 Å². The van der Waals surface area contributed by atoms with Gasteiger partial charge in [-0.3, -0.25) is 4.79 Å². The highest BCUT2D eigenvalue weighted by Gasteiger charge is 2.28. The average Bonchev–Trinajstić information content (AvgIpc) is 2.65. The van der Waals surface area contributed by atoms with E-state index in [-0.39, 0.29) is 11.1 Å². The molecule has 0 spiro atoms. The maximum absolute atomic E-state index is 12.5. The van der Waals surface area contributed by atoms with Crippen molar-refractivity contribution in [2.45, 2.75) is 26.3 Å². The van der Waals surface area contributed by atoms with Gasteiger partial charge in [-0.15, -0.1) is 0 Å². The van der Waals surface area contributed by atoms with E-state index in [4.69, 9.17) is 11.6 Å². The number of nitrogens with zero attached hydrogens (tertiary/aromatic N) is 2. The van der Waals surface area contributed by atoms with Crippen LogP contribution >= 0.6 is 11.6 Å². The van der Waals surface area contributed by atoms with E-state index >= 15 is 0 Å². The first-order valence-electron chi connectivity index (χ1n) is 8.98. The van der Waals surface area contributed by atoms with Gasteiger partial charge in [0, 0.05) is 18.3 Å². The summed E-state index contributed by atoms with van der Waals surface area (Å²) in [6, 6.07) is 14.9. The largest absolute Gasteiger partial charge is 0.366 e. The summed E-state index contributed by atoms with van der Waals surface area (Å²) in [5, 5.41) is 12.6. The molecule has 0 saturated heterocycles. The van der Waals surface area contributed by atoms with Crippen LogP contribution in [-0.2, 0) is 4.79 Å². The molecule has 1 N–H and O–H groups in total. The lowest BCUT2D eigenvalue weighted by molar-refractivity contribution is -0.112. The van der Waals surface area contributed by atoms with E-state index in [2.05, 4.69) is 44.1 Å². The van der Waals surface area contributed by atoms with Crippen LogP contribution in [0.5, 0.6) is 0 Å². The fourth-order valence-corrected chi connectivity index (χ4v) is 3.52. The SMILES string of the molecule is CC1=CC(C)(C)N(C)c2ccc(/C=C(/C#N)C(=O)Nc3ccccc3Cl)cc21. The molecule has 0 radical (unpaired) electrons. The van der Waals surface area contributed by atoms with Crippen LogP contribution in [0.1, 0.15) is 31.9 Å². The lowest BCUT2D eigenvalue weighted by Crippen LogP contribution is -2.42. The molecule has 4 nitrogen and oxygen atoms in total. The van der Waals surface area contributed by atoms with E-state index in [9.17, 15) is 10.1 Å². The summed E-state index contributed by atoms with van der Waals surface area (Å²) in [5.74, 6) is -0.487. The Morgan fingerprint density at radius 3 is 2.64 bits per heavy atom. The Balaban J connectivity index is 1.92. The third-order valence-electron chi connectivity index (χ3n) is 5.04. The van der Waals surface area contributed by atoms with E-state index in [1.807, 2.05) is 24.3 Å². The number of hydrogen-bond acceptors (Lipinski definition) is 3. The number of para-hydroxylation sites is 1. The minimum atomic E-state index is -0.487. The summed E-state index contributed by atoms with van der Waals surface area (Å²) in [5.41, 5.74) is 4.62. The molecule has 2 aromatic rings. The molecule has 28 heavy (non-hydrogen) atoms. The number of amides is 1. The average molecular weight is 392 g/mol. The van der Waals surface area contributed by atoms with Crippen molar-refractivity contribution in [3.05, 3.63) is 70.3 Å². The van der Waals surface area contributed by atoms with E-state index in [1.54, 1.807) is 30.3 Å². The summed E-state index contributed by atoms with van der Waals surface area (Å²) >= 11 is 6.08. The first-order chi connectivity index (χ1) is 13.2. The standard InChI is InChI=1S/C23H22ClN3O/c1-15-13-23(2,3)27(4)21-10-9-16(12-18(15)21)11-17(14-25)22(28)26-20-8-6-5-7-19(20)24/h5-13H,1-4H3,(H,26,28)/b17-11-. The molecular weight excluding hydrogens is 370 g/mol. The van der Waals surface area contributed by atoms with Gasteiger partial charge >= 0.3 is 0 Å². The Bertz CT molecular complexity index is 1040. The number of nitrogens with one attached hydrogen (secondary N) is 1. The number of allylic oxidation sites excluding steroid dienone is 1. The highest BCUT2D eigenvalue weighted by Crippen LogP contribution is 2.38. The molecular formula is C23H22ClN3O. The van der Waals surface area contributed by atoms with Gasteiger partial charge in [0.05, 0.1) is 16.2 Å². The number of benzene rings is 2. The molecule has 0 aliphatic carbocycles. The molecule has 1 heterocycles. The van der Waals surface area contributed by atoms with Crippen LogP contribution in [0.2, 0.25) is 5.02 Å². The van der Waals surface area contributed by atoms with Crippen LogP contribution < -0.4 is 10.2 Å². The second-order valence-electron chi connectivity index (χ2n) is 7.42. The molecule has 2 aromatic carbocycles. The molecule has 1 amide bonds. The van der Waals surface area contributed by atoms with Crippen LogP contribution in [-0.4, -0.2) is 18.5 Å². The van der Waals surface area contributed by atoms with Crippen molar-refractivity contribution in [3.63, 3.8) is 0 Å². The summed E-state index contributed by atoms with van der Waals surface area (Å²) < 4.78 is 0. The fraction of sp³-hybridized carbons (Fsp3) is 0.217.